The molecule has 6 atom stereocenters. The molecule has 5 heterocycles. The van der Waals surface area contributed by atoms with E-state index in [4.69, 9.17) is 14.2 Å². The minimum atomic E-state index is -1.04. The topological polar surface area (TPSA) is 170 Å². The Labute approximate surface area is 228 Å². The number of likely N-dealkylation sites (tertiary alicyclic amines) is 1. The minimum Gasteiger partial charge on any atom is -0.481 e. The lowest BCUT2D eigenvalue weighted by Crippen LogP contribution is -2.49. The Kier molecular flexibility index (Phi) is 7.04. The highest BCUT2D eigenvalue weighted by atomic mass is 16.8. The molecule has 14 nitrogen and oxygen atoms in total. The van der Waals surface area contributed by atoms with Crippen LogP contribution >= 0.6 is 0 Å². The number of ether oxygens (including phenoxy) is 3. The summed E-state index contributed by atoms with van der Waals surface area (Å²) < 4.78 is 20.5. The van der Waals surface area contributed by atoms with Crippen LogP contribution in [0.15, 0.2) is 43.0 Å². The quantitative estimate of drug-likeness (QED) is 0.409. The van der Waals surface area contributed by atoms with Gasteiger partial charge in [0.25, 0.3) is 5.91 Å². The number of aromatic nitrogens is 4. The molecule has 3 fully saturated rings. The van der Waals surface area contributed by atoms with Crippen molar-refractivity contribution >= 4 is 34.9 Å². The summed E-state index contributed by atoms with van der Waals surface area (Å²) in [5.41, 5.74) is 1.49. The van der Waals surface area contributed by atoms with Crippen LogP contribution in [0.4, 0.5) is 10.6 Å². The van der Waals surface area contributed by atoms with Crippen molar-refractivity contribution in [2.75, 3.05) is 25.0 Å². The van der Waals surface area contributed by atoms with Gasteiger partial charge >= 0.3 is 12.0 Å². The molecule has 6 rings (SSSR count). The van der Waals surface area contributed by atoms with Gasteiger partial charge in [-0.2, -0.15) is 0 Å². The van der Waals surface area contributed by atoms with E-state index in [0.717, 1.165) is 5.56 Å². The molecule has 3 amide bonds. The van der Waals surface area contributed by atoms with Gasteiger partial charge in [0.15, 0.2) is 35.6 Å². The molecule has 0 radical (unpaired) electrons. The lowest BCUT2D eigenvalue weighted by Gasteiger charge is -2.33. The van der Waals surface area contributed by atoms with Gasteiger partial charge in [-0.15, -0.1) is 0 Å². The molecule has 14 heteroatoms. The maximum Gasteiger partial charge on any atom is 0.320 e. The third-order valence-corrected chi connectivity index (χ3v) is 7.35. The van der Waals surface area contributed by atoms with E-state index in [-0.39, 0.29) is 18.3 Å². The fraction of sp³-hybridized carbons (Fsp3) is 0.462. The van der Waals surface area contributed by atoms with Crippen molar-refractivity contribution in [3.05, 3.63) is 48.5 Å². The number of urea groups is 1. The average molecular weight is 552 g/mol. The number of fused-ring (bicyclic) bond motifs is 2. The van der Waals surface area contributed by atoms with Crippen LogP contribution in [0, 0.1) is 5.92 Å². The Morgan fingerprint density at radius 3 is 2.65 bits per heavy atom. The number of nitrogens with zero attached hydrogens (tertiary/aromatic N) is 5. The van der Waals surface area contributed by atoms with Gasteiger partial charge in [0.2, 0.25) is 0 Å². The van der Waals surface area contributed by atoms with Gasteiger partial charge in [-0.05, 0) is 19.8 Å². The summed E-state index contributed by atoms with van der Waals surface area (Å²) in [5, 5.41) is 14.8. The van der Waals surface area contributed by atoms with Crippen LogP contribution in [0.5, 0.6) is 0 Å². The van der Waals surface area contributed by atoms with Crippen molar-refractivity contribution in [3.8, 4) is 0 Å². The minimum absolute atomic E-state index is 0.106. The molecular formula is C26H29N7O7. The average Bonchev–Trinajstić information content (AvgIpc) is 3.68. The second-order valence-electron chi connectivity index (χ2n) is 9.88. The first-order chi connectivity index (χ1) is 19.4. The molecule has 2 aromatic heterocycles. The number of hydrogen-bond acceptors (Lipinski definition) is 9. The van der Waals surface area contributed by atoms with Gasteiger partial charge in [-0.1, -0.05) is 30.3 Å². The standard InChI is InChI=1S/C26H29N7O7/c1-2-27-26(37)31-20-16-21(29-12-28-20)33(13-30-16)23-19-17(39-25(40-19)14-7-4-3-5-8-14)18(38-23)22(34)32-10-6-9-15(11-32)24(35)36/h3-5,7-8,12-13,15,17-19,23,25H,2,6,9-11H2,1H3,(H,35,36)(H2,27,28,29,31,37)/t15-,17?,18?,19?,23?,25-/m0/s1. The van der Waals surface area contributed by atoms with E-state index >= 15 is 0 Å². The van der Waals surface area contributed by atoms with Gasteiger partial charge in [0.05, 0.1) is 12.2 Å². The SMILES string of the molecule is CCNC(=O)Nc1ncnc2c1ncn2C1OC(C(=O)N2CCC[C@H](C(=O)O)C2)C2O[C@H](c3ccccc3)OC21. The van der Waals surface area contributed by atoms with E-state index in [1.54, 1.807) is 11.5 Å². The van der Waals surface area contributed by atoms with Crippen LogP contribution < -0.4 is 10.6 Å². The number of hydrogen-bond donors (Lipinski definition) is 3. The number of benzene rings is 1. The molecule has 3 N–H and O–H groups in total. The van der Waals surface area contributed by atoms with Crippen LogP contribution in [0.1, 0.15) is 37.8 Å². The largest absolute Gasteiger partial charge is 0.481 e. The lowest BCUT2D eigenvalue weighted by molar-refractivity contribution is -0.170. The van der Waals surface area contributed by atoms with Crippen molar-refractivity contribution in [2.45, 2.75) is 50.6 Å². The fourth-order valence-corrected chi connectivity index (χ4v) is 5.44. The Bertz CT molecular complexity index is 1420. The highest BCUT2D eigenvalue weighted by molar-refractivity contribution is 5.95. The first-order valence-electron chi connectivity index (χ1n) is 13.2. The predicted molar refractivity (Wildman–Crippen MR) is 138 cm³/mol. The zero-order valence-electron chi connectivity index (χ0n) is 21.7. The summed E-state index contributed by atoms with van der Waals surface area (Å²) in [6, 6.07) is 8.95. The number of imidazole rings is 1. The number of carbonyl (C=O) groups is 3. The van der Waals surface area contributed by atoms with Crippen molar-refractivity contribution in [2.24, 2.45) is 5.92 Å². The second-order valence-corrected chi connectivity index (χ2v) is 9.88. The van der Waals surface area contributed by atoms with E-state index in [0.29, 0.717) is 37.1 Å². The third-order valence-electron chi connectivity index (χ3n) is 7.35. The van der Waals surface area contributed by atoms with Crippen molar-refractivity contribution in [3.63, 3.8) is 0 Å². The molecule has 4 unspecified atom stereocenters. The van der Waals surface area contributed by atoms with Crippen LogP contribution in [0.3, 0.4) is 0 Å². The van der Waals surface area contributed by atoms with Crippen LogP contribution in [0.2, 0.25) is 0 Å². The molecule has 0 spiro atoms. The van der Waals surface area contributed by atoms with E-state index in [9.17, 15) is 19.5 Å². The number of carboxylic acids is 1. The van der Waals surface area contributed by atoms with Crippen molar-refractivity contribution < 1.29 is 33.7 Å². The number of aliphatic carboxylic acids is 1. The number of amides is 3. The van der Waals surface area contributed by atoms with Gasteiger partial charge < -0.3 is 29.5 Å². The molecule has 210 valence electrons. The number of nitrogens with one attached hydrogen (secondary N) is 2. The summed E-state index contributed by atoms with van der Waals surface area (Å²) in [6.45, 7) is 2.78. The Hall–Kier alpha value is -4.14. The number of rotatable bonds is 6. The molecule has 3 aromatic rings. The number of carbonyl (C=O) groups excluding carboxylic acids is 2. The lowest BCUT2D eigenvalue weighted by atomic mass is 9.97. The normalized spacial score (nSPS) is 27.9. The first-order valence-corrected chi connectivity index (χ1v) is 13.2. The Balaban J connectivity index is 1.32. The van der Waals surface area contributed by atoms with Crippen LogP contribution in [-0.4, -0.2) is 85.4 Å². The second kappa shape index (κ2) is 10.8. The smallest absolute Gasteiger partial charge is 0.320 e. The van der Waals surface area contributed by atoms with Gasteiger partial charge in [0, 0.05) is 25.2 Å². The first kappa shape index (κ1) is 26.1. The molecule has 3 aliphatic rings. The number of carboxylic acid groups (broad SMARTS) is 1. The fourth-order valence-electron chi connectivity index (χ4n) is 5.44. The number of anilines is 1. The molecule has 3 aliphatic heterocycles. The molecule has 0 saturated carbocycles. The zero-order valence-corrected chi connectivity index (χ0v) is 21.7. The highest BCUT2D eigenvalue weighted by Gasteiger charge is 2.57. The monoisotopic (exact) mass is 551 g/mol. The molecule has 1 aromatic carbocycles. The van der Waals surface area contributed by atoms with Gasteiger partial charge in [0.1, 0.15) is 18.5 Å². The maximum atomic E-state index is 13.7. The molecule has 0 aliphatic carbocycles. The summed E-state index contributed by atoms with van der Waals surface area (Å²) in [4.78, 5) is 51.9. The van der Waals surface area contributed by atoms with Crippen LogP contribution in [-0.2, 0) is 23.8 Å². The van der Waals surface area contributed by atoms with E-state index in [1.165, 1.54) is 17.6 Å². The van der Waals surface area contributed by atoms with Crippen molar-refractivity contribution in [1.82, 2.24) is 29.7 Å². The molecule has 0 bridgehead atoms. The van der Waals surface area contributed by atoms with E-state index in [1.807, 2.05) is 30.3 Å². The number of piperidine rings is 1. The van der Waals surface area contributed by atoms with Crippen LogP contribution in [0.25, 0.3) is 11.2 Å². The highest BCUT2D eigenvalue weighted by Crippen LogP contribution is 2.45. The van der Waals surface area contributed by atoms with E-state index < -0.39 is 48.7 Å². The van der Waals surface area contributed by atoms with Gasteiger partial charge in [-0.3, -0.25) is 19.5 Å². The van der Waals surface area contributed by atoms with E-state index in [2.05, 4.69) is 25.6 Å². The third kappa shape index (κ3) is 4.74. The predicted octanol–water partition coefficient (Wildman–Crippen LogP) is 1.67. The zero-order chi connectivity index (χ0) is 27.8. The maximum absolute atomic E-state index is 13.7. The summed E-state index contributed by atoms with van der Waals surface area (Å²) in [5.74, 6) is -1.69. The Morgan fingerprint density at radius 1 is 1.07 bits per heavy atom. The molecule has 3 saturated heterocycles. The summed E-state index contributed by atoms with van der Waals surface area (Å²) in [7, 11) is 0. The molecular weight excluding hydrogens is 522 g/mol. The van der Waals surface area contributed by atoms with Crippen molar-refractivity contribution in [1.29, 1.82) is 0 Å². The summed E-state index contributed by atoms with van der Waals surface area (Å²) >= 11 is 0. The summed E-state index contributed by atoms with van der Waals surface area (Å²) in [6.07, 6.45) is -0.179. The van der Waals surface area contributed by atoms with Gasteiger partial charge in [-0.25, -0.2) is 19.7 Å². The Morgan fingerprint density at radius 2 is 1.88 bits per heavy atom. The molecule has 40 heavy (non-hydrogen) atoms.